The fourth-order valence-corrected chi connectivity index (χ4v) is 3.67. The largest absolute Gasteiger partial charge is 0.431 e. The number of rotatable bonds is 7. The summed E-state index contributed by atoms with van der Waals surface area (Å²) in [5.41, 5.74) is 1.50. The summed E-state index contributed by atoms with van der Waals surface area (Å²) in [6.07, 6.45) is 2.28. The average Bonchev–Trinajstić information content (AvgIpc) is 3.40. The Morgan fingerprint density at radius 1 is 1.17 bits per heavy atom. The van der Waals surface area contributed by atoms with Gasteiger partial charge in [0.15, 0.2) is 11.4 Å². The normalized spacial score (nSPS) is 13.8. The second kappa shape index (κ2) is 8.64. The number of para-hydroxylation sites is 2. The number of hydrogen-bond acceptors (Lipinski definition) is 9. The van der Waals surface area contributed by atoms with Crippen LogP contribution in [0.5, 0.6) is 0 Å². The molecule has 1 aromatic carbocycles. The van der Waals surface area contributed by atoms with E-state index in [0.29, 0.717) is 28.5 Å². The van der Waals surface area contributed by atoms with Gasteiger partial charge in [-0.25, -0.2) is 4.98 Å². The third-order valence-corrected chi connectivity index (χ3v) is 5.32. The Kier molecular flexibility index (Phi) is 5.79. The first-order valence-corrected chi connectivity index (χ1v) is 10.5. The Morgan fingerprint density at radius 2 is 1.97 bits per heavy atom. The van der Waals surface area contributed by atoms with Gasteiger partial charge in [-0.2, -0.15) is 15.0 Å². The van der Waals surface area contributed by atoms with E-state index in [9.17, 15) is 4.79 Å². The molecule has 152 valence electrons. The van der Waals surface area contributed by atoms with Gasteiger partial charge in [-0.1, -0.05) is 23.9 Å². The molecule has 1 N–H and O–H groups in total. The molecule has 4 rings (SSSR count). The molecule has 1 aliphatic rings. The van der Waals surface area contributed by atoms with Crippen LogP contribution < -0.4 is 15.1 Å². The Balaban J connectivity index is 1.36. The maximum absolute atomic E-state index is 12.3. The third kappa shape index (κ3) is 4.76. The van der Waals surface area contributed by atoms with Gasteiger partial charge < -0.3 is 19.5 Å². The number of hydrogen-bond donors (Lipinski definition) is 1. The summed E-state index contributed by atoms with van der Waals surface area (Å²) < 4.78 is 5.62. The van der Waals surface area contributed by atoms with E-state index < -0.39 is 0 Å². The molecular weight excluding hydrogens is 390 g/mol. The molecule has 0 saturated carbocycles. The van der Waals surface area contributed by atoms with Crippen LogP contribution in [0.25, 0.3) is 11.1 Å². The summed E-state index contributed by atoms with van der Waals surface area (Å²) in [6.45, 7) is 2.14. The number of carbonyl (C=O) groups excluding carboxylic acids is 1. The number of nitrogens with zero attached hydrogens (tertiary/aromatic N) is 6. The number of nitrogens with one attached hydrogen (secondary N) is 1. The van der Waals surface area contributed by atoms with Crippen LogP contribution in [0.2, 0.25) is 0 Å². The van der Waals surface area contributed by atoms with E-state index in [1.54, 1.807) is 0 Å². The lowest BCUT2D eigenvalue weighted by Gasteiger charge is -2.18. The Morgan fingerprint density at radius 3 is 2.72 bits per heavy atom. The lowest BCUT2D eigenvalue weighted by molar-refractivity contribution is -0.118. The van der Waals surface area contributed by atoms with Crippen molar-refractivity contribution in [3.63, 3.8) is 0 Å². The molecule has 0 spiro atoms. The highest BCUT2D eigenvalue weighted by Crippen LogP contribution is 2.23. The molecule has 29 heavy (non-hydrogen) atoms. The number of aromatic nitrogens is 4. The second-order valence-electron chi connectivity index (χ2n) is 6.95. The highest BCUT2D eigenvalue weighted by Gasteiger charge is 2.18. The van der Waals surface area contributed by atoms with Gasteiger partial charge in [0.25, 0.3) is 5.22 Å². The Labute approximate surface area is 172 Å². The van der Waals surface area contributed by atoms with Crippen molar-refractivity contribution in [2.24, 2.45) is 0 Å². The van der Waals surface area contributed by atoms with Crippen molar-refractivity contribution >= 4 is 40.7 Å². The zero-order valence-corrected chi connectivity index (χ0v) is 17.3. The van der Waals surface area contributed by atoms with Gasteiger partial charge in [0.1, 0.15) is 5.52 Å². The SMILES string of the molecule is CN(C)c1nc(CNC(=O)CSc2nc3ccccc3o2)nc(N2CCCC2)n1. The fourth-order valence-electron chi connectivity index (χ4n) is 3.00. The maximum atomic E-state index is 12.3. The molecule has 10 heteroatoms. The summed E-state index contributed by atoms with van der Waals surface area (Å²) in [6, 6.07) is 7.53. The van der Waals surface area contributed by atoms with E-state index in [-0.39, 0.29) is 18.2 Å². The highest BCUT2D eigenvalue weighted by atomic mass is 32.2. The van der Waals surface area contributed by atoms with Crippen molar-refractivity contribution in [2.45, 2.75) is 24.6 Å². The van der Waals surface area contributed by atoms with Gasteiger partial charge in [-0.3, -0.25) is 4.79 Å². The molecule has 0 atom stereocenters. The predicted molar refractivity (Wildman–Crippen MR) is 112 cm³/mol. The summed E-state index contributed by atoms with van der Waals surface area (Å²) in [4.78, 5) is 34.2. The highest BCUT2D eigenvalue weighted by molar-refractivity contribution is 7.99. The third-order valence-electron chi connectivity index (χ3n) is 4.49. The average molecular weight is 414 g/mol. The van der Waals surface area contributed by atoms with Crippen LogP contribution in [0.1, 0.15) is 18.7 Å². The van der Waals surface area contributed by atoms with E-state index in [1.165, 1.54) is 11.8 Å². The van der Waals surface area contributed by atoms with Gasteiger partial charge in [0.05, 0.1) is 12.3 Å². The molecule has 0 radical (unpaired) electrons. The van der Waals surface area contributed by atoms with Crippen LogP contribution in [0, 0.1) is 0 Å². The van der Waals surface area contributed by atoms with Crippen LogP contribution in [0.4, 0.5) is 11.9 Å². The van der Waals surface area contributed by atoms with Crippen molar-refractivity contribution < 1.29 is 9.21 Å². The molecule has 1 aliphatic heterocycles. The van der Waals surface area contributed by atoms with Crippen LogP contribution in [-0.2, 0) is 11.3 Å². The van der Waals surface area contributed by atoms with E-state index >= 15 is 0 Å². The van der Waals surface area contributed by atoms with Crippen LogP contribution in [0.3, 0.4) is 0 Å². The first-order valence-electron chi connectivity index (χ1n) is 9.51. The molecule has 1 amide bonds. The molecule has 1 fully saturated rings. The molecule has 3 heterocycles. The van der Waals surface area contributed by atoms with Crippen LogP contribution >= 0.6 is 11.8 Å². The molecule has 0 unspecified atom stereocenters. The lowest BCUT2D eigenvalue weighted by Crippen LogP contribution is -2.28. The van der Waals surface area contributed by atoms with Crippen molar-refractivity contribution in [2.75, 3.05) is 42.7 Å². The molecule has 0 bridgehead atoms. The second-order valence-corrected chi connectivity index (χ2v) is 7.88. The minimum atomic E-state index is -0.133. The standard InChI is InChI=1S/C19H23N7O2S/c1-25(2)17-22-15(23-18(24-17)26-9-5-6-10-26)11-20-16(27)12-29-19-21-13-7-3-4-8-14(13)28-19/h3-4,7-8H,5-6,9-12H2,1-2H3,(H,20,27). The van der Waals surface area contributed by atoms with Gasteiger partial charge >= 0.3 is 0 Å². The van der Waals surface area contributed by atoms with Gasteiger partial charge in [0, 0.05) is 27.2 Å². The summed E-state index contributed by atoms with van der Waals surface area (Å²) in [7, 11) is 3.78. The van der Waals surface area contributed by atoms with E-state index in [1.807, 2.05) is 43.3 Å². The van der Waals surface area contributed by atoms with Crippen LogP contribution in [0.15, 0.2) is 33.9 Å². The van der Waals surface area contributed by atoms with Crippen molar-refractivity contribution in [3.8, 4) is 0 Å². The first kappa shape index (κ1) is 19.4. The zero-order chi connectivity index (χ0) is 20.2. The van der Waals surface area contributed by atoms with Crippen molar-refractivity contribution in [1.82, 2.24) is 25.3 Å². The molecule has 1 saturated heterocycles. The van der Waals surface area contributed by atoms with Gasteiger partial charge in [-0.15, -0.1) is 0 Å². The zero-order valence-electron chi connectivity index (χ0n) is 16.5. The number of benzene rings is 1. The molecule has 9 nitrogen and oxygen atoms in total. The van der Waals surface area contributed by atoms with E-state index in [2.05, 4.69) is 30.2 Å². The Hall–Kier alpha value is -2.88. The molecule has 3 aromatic rings. The topological polar surface area (TPSA) is 100 Å². The minimum absolute atomic E-state index is 0.133. The smallest absolute Gasteiger partial charge is 0.257 e. The van der Waals surface area contributed by atoms with Crippen molar-refractivity contribution in [3.05, 3.63) is 30.1 Å². The monoisotopic (exact) mass is 413 g/mol. The van der Waals surface area contributed by atoms with Gasteiger partial charge in [0.2, 0.25) is 17.8 Å². The summed E-state index contributed by atoms with van der Waals surface area (Å²) >= 11 is 1.26. The number of thioether (sulfide) groups is 1. The number of carbonyl (C=O) groups is 1. The van der Waals surface area contributed by atoms with Crippen molar-refractivity contribution in [1.29, 1.82) is 0 Å². The van der Waals surface area contributed by atoms with E-state index in [4.69, 9.17) is 4.42 Å². The Bertz CT molecular complexity index is 968. The fraction of sp³-hybridized carbons (Fsp3) is 0.421. The quantitative estimate of drug-likeness (QED) is 0.584. The maximum Gasteiger partial charge on any atom is 0.257 e. The van der Waals surface area contributed by atoms with E-state index in [0.717, 1.165) is 31.4 Å². The minimum Gasteiger partial charge on any atom is -0.431 e. The molecular formula is C19H23N7O2S. The molecule has 2 aromatic heterocycles. The number of oxazole rings is 1. The van der Waals surface area contributed by atoms with Crippen LogP contribution in [-0.4, -0.2) is 58.8 Å². The number of amides is 1. The predicted octanol–water partition coefficient (Wildman–Crippen LogP) is 2.09. The first-order chi connectivity index (χ1) is 14.1. The summed E-state index contributed by atoms with van der Waals surface area (Å²) in [5, 5.41) is 3.35. The van der Waals surface area contributed by atoms with Gasteiger partial charge in [-0.05, 0) is 25.0 Å². The summed E-state index contributed by atoms with van der Waals surface area (Å²) in [5.74, 6) is 1.88. The number of anilines is 2. The lowest BCUT2D eigenvalue weighted by atomic mass is 10.3. The number of fused-ring (bicyclic) bond motifs is 1. The molecule has 0 aliphatic carbocycles.